The number of furan rings is 1. The zero-order valence-corrected chi connectivity index (χ0v) is 13.5. The Morgan fingerprint density at radius 1 is 1.18 bits per heavy atom. The van der Waals surface area contributed by atoms with Gasteiger partial charge in [-0.05, 0) is 50.6 Å². The topological polar surface area (TPSA) is 55.1 Å². The van der Waals surface area contributed by atoms with E-state index in [1.165, 1.54) is 11.3 Å². The van der Waals surface area contributed by atoms with Crippen LogP contribution in [0.2, 0.25) is 0 Å². The molecule has 0 fully saturated rings. The summed E-state index contributed by atoms with van der Waals surface area (Å²) in [5.74, 6) is 1.38. The van der Waals surface area contributed by atoms with Gasteiger partial charge in [0.2, 0.25) is 0 Å². The van der Waals surface area contributed by atoms with Crippen molar-refractivity contribution >= 4 is 22.9 Å². The second kappa shape index (κ2) is 5.77. The van der Waals surface area contributed by atoms with Gasteiger partial charge in [0.15, 0.2) is 10.8 Å². The summed E-state index contributed by atoms with van der Waals surface area (Å²) in [4.78, 5) is 17.5. The van der Waals surface area contributed by atoms with E-state index < -0.39 is 0 Å². The van der Waals surface area contributed by atoms with E-state index in [4.69, 9.17) is 4.42 Å². The van der Waals surface area contributed by atoms with E-state index in [1.54, 1.807) is 0 Å². The van der Waals surface area contributed by atoms with Crippen LogP contribution in [0.25, 0.3) is 10.8 Å². The third-order valence-corrected chi connectivity index (χ3v) is 4.40. The van der Waals surface area contributed by atoms with Gasteiger partial charge in [-0.15, -0.1) is 11.3 Å². The molecule has 22 heavy (non-hydrogen) atoms. The smallest absolute Gasteiger partial charge is 0.267 e. The molecule has 112 valence electrons. The van der Waals surface area contributed by atoms with E-state index >= 15 is 0 Å². The van der Waals surface area contributed by atoms with E-state index in [9.17, 15) is 4.79 Å². The zero-order chi connectivity index (χ0) is 15.7. The Kier molecular flexibility index (Phi) is 3.81. The monoisotopic (exact) mass is 312 g/mol. The average molecular weight is 312 g/mol. The van der Waals surface area contributed by atoms with Crippen LogP contribution in [-0.4, -0.2) is 10.9 Å². The van der Waals surface area contributed by atoms with Crippen LogP contribution in [0.3, 0.4) is 0 Å². The summed E-state index contributed by atoms with van der Waals surface area (Å²) >= 11 is 1.34. The van der Waals surface area contributed by atoms with Gasteiger partial charge in [-0.1, -0.05) is 12.1 Å². The number of hydrogen-bond donors (Lipinski definition) is 1. The van der Waals surface area contributed by atoms with Crippen molar-refractivity contribution < 1.29 is 9.21 Å². The SMILES string of the molecule is Cc1cccc(NC(=O)c2sc(-c3ccc(C)o3)nc2C)c1. The number of nitrogens with one attached hydrogen (secondary N) is 1. The molecule has 0 aliphatic carbocycles. The first-order valence-electron chi connectivity index (χ1n) is 6.95. The second-order valence-corrected chi connectivity index (χ2v) is 6.17. The molecule has 0 unspecified atom stereocenters. The molecular formula is C17H16N2O2S. The van der Waals surface area contributed by atoms with E-state index in [0.29, 0.717) is 16.3 Å². The lowest BCUT2D eigenvalue weighted by atomic mass is 10.2. The van der Waals surface area contributed by atoms with Gasteiger partial charge in [0, 0.05) is 5.69 Å². The largest absolute Gasteiger partial charge is 0.459 e. The highest BCUT2D eigenvalue weighted by Gasteiger charge is 2.18. The lowest BCUT2D eigenvalue weighted by molar-refractivity contribution is 0.103. The van der Waals surface area contributed by atoms with Crippen molar-refractivity contribution in [3.05, 3.63) is 58.3 Å². The molecule has 3 rings (SSSR count). The maximum atomic E-state index is 12.4. The molecule has 2 aromatic heterocycles. The van der Waals surface area contributed by atoms with Crippen LogP contribution in [-0.2, 0) is 0 Å². The minimum atomic E-state index is -0.143. The van der Waals surface area contributed by atoms with E-state index in [1.807, 2.05) is 57.2 Å². The normalized spacial score (nSPS) is 10.7. The van der Waals surface area contributed by atoms with Gasteiger partial charge >= 0.3 is 0 Å². The van der Waals surface area contributed by atoms with Crippen LogP contribution in [0.4, 0.5) is 5.69 Å². The average Bonchev–Trinajstić information content (AvgIpc) is 3.05. The fourth-order valence-corrected chi connectivity index (χ4v) is 3.10. The lowest BCUT2D eigenvalue weighted by Crippen LogP contribution is -2.11. The van der Waals surface area contributed by atoms with E-state index in [-0.39, 0.29) is 5.91 Å². The van der Waals surface area contributed by atoms with Crippen molar-refractivity contribution in [1.82, 2.24) is 4.98 Å². The van der Waals surface area contributed by atoms with E-state index in [0.717, 1.165) is 22.0 Å². The number of carbonyl (C=O) groups excluding carboxylic acids is 1. The number of thiazole rings is 1. The minimum absolute atomic E-state index is 0.143. The standard InChI is InChI=1S/C17H16N2O2S/c1-10-5-4-6-13(9-10)19-16(20)15-12(3)18-17(22-15)14-8-7-11(2)21-14/h4-9H,1-3H3,(H,19,20). The molecule has 4 nitrogen and oxygen atoms in total. The summed E-state index contributed by atoms with van der Waals surface area (Å²) in [7, 11) is 0. The van der Waals surface area contributed by atoms with Crippen LogP contribution in [0.1, 0.15) is 26.7 Å². The third-order valence-electron chi connectivity index (χ3n) is 3.23. The fraction of sp³-hybridized carbons (Fsp3) is 0.176. The first-order valence-corrected chi connectivity index (χ1v) is 7.77. The Morgan fingerprint density at radius 3 is 2.68 bits per heavy atom. The molecular weight excluding hydrogens is 296 g/mol. The molecule has 0 spiro atoms. The molecule has 0 saturated carbocycles. The summed E-state index contributed by atoms with van der Waals surface area (Å²) in [5.41, 5.74) is 2.60. The van der Waals surface area contributed by atoms with E-state index in [2.05, 4.69) is 10.3 Å². The van der Waals surface area contributed by atoms with Gasteiger partial charge in [-0.25, -0.2) is 4.98 Å². The highest BCUT2D eigenvalue weighted by molar-refractivity contribution is 7.17. The molecule has 0 bridgehead atoms. The van der Waals surface area contributed by atoms with Crippen LogP contribution >= 0.6 is 11.3 Å². The molecule has 5 heteroatoms. The summed E-state index contributed by atoms with van der Waals surface area (Å²) < 4.78 is 5.57. The molecule has 0 aliphatic rings. The molecule has 1 N–H and O–H groups in total. The quantitative estimate of drug-likeness (QED) is 0.770. The molecule has 0 aliphatic heterocycles. The van der Waals surface area contributed by atoms with Crippen molar-refractivity contribution in [2.24, 2.45) is 0 Å². The fourth-order valence-electron chi connectivity index (χ4n) is 2.17. The summed E-state index contributed by atoms with van der Waals surface area (Å²) in [5, 5.41) is 3.63. The predicted molar refractivity (Wildman–Crippen MR) is 88.4 cm³/mol. The zero-order valence-electron chi connectivity index (χ0n) is 12.6. The number of nitrogens with zero attached hydrogens (tertiary/aromatic N) is 1. The molecule has 0 atom stereocenters. The highest BCUT2D eigenvalue weighted by atomic mass is 32.1. The van der Waals surface area contributed by atoms with Crippen LogP contribution in [0, 0.1) is 20.8 Å². The molecule has 0 saturated heterocycles. The lowest BCUT2D eigenvalue weighted by Gasteiger charge is -2.04. The van der Waals surface area contributed by atoms with Crippen LogP contribution < -0.4 is 5.32 Å². The number of hydrogen-bond acceptors (Lipinski definition) is 4. The van der Waals surface area contributed by atoms with Crippen molar-refractivity contribution in [2.45, 2.75) is 20.8 Å². The minimum Gasteiger partial charge on any atom is -0.459 e. The number of aromatic nitrogens is 1. The number of amides is 1. The molecule has 3 aromatic rings. The third kappa shape index (κ3) is 2.94. The first kappa shape index (κ1) is 14.5. The maximum absolute atomic E-state index is 12.4. The van der Waals surface area contributed by atoms with Crippen molar-refractivity contribution in [3.63, 3.8) is 0 Å². The second-order valence-electron chi connectivity index (χ2n) is 5.17. The predicted octanol–water partition coefficient (Wildman–Crippen LogP) is 4.58. The Labute approximate surface area is 132 Å². The Bertz CT molecular complexity index is 833. The number of rotatable bonds is 3. The van der Waals surface area contributed by atoms with Gasteiger partial charge in [-0.3, -0.25) is 4.79 Å². The Balaban J connectivity index is 1.85. The summed E-state index contributed by atoms with van der Waals surface area (Å²) in [6, 6.07) is 11.5. The van der Waals surface area contributed by atoms with Gasteiger partial charge in [0.1, 0.15) is 10.6 Å². The molecule has 2 heterocycles. The van der Waals surface area contributed by atoms with Crippen molar-refractivity contribution in [1.29, 1.82) is 0 Å². The van der Waals surface area contributed by atoms with Gasteiger partial charge in [-0.2, -0.15) is 0 Å². The van der Waals surface area contributed by atoms with Gasteiger partial charge in [0.05, 0.1) is 5.69 Å². The molecule has 0 radical (unpaired) electrons. The van der Waals surface area contributed by atoms with Crippen molar-refractivity contribution in [2.75, 3.05) is 5.32 Å². The van der Waals surface area contributed by atoms with Crippen LogP contribution in [0.5, 0.6) is 0 Å². The Morgan fingerprint density at radius 2 is 2.00 bits per heavy atom. The van der Waals surface area contributed by atoms with Gasteiger partial charge < -0.3 is 9.73 Å². The number of aryl methyl sites for hydroxylation is 3. The van der Waals surface area contributed by atoms with Gasteiger partial charge in [0.25, 0.3) is 5.91 Å². The number of anilines is 1. The highest BCUT2D eigenvalue weighted by Crippen LogP contribution is 2.29. The Hall–Kier alpha value is -2.40. The number of benzene rings is 1. The maximum Gasteiger partial charge on any atom is 0.267 e. The first-order chi connectivity index (χ1) is 10.5. The molecule has 1 amide bonds. The molecule has 1 aromatic carbocycles. The van der Waals surface area contributed by atoms with Crippen LogP contribution in [0.15, 0.2) is 40.8 Å². The summed E-state index contributed by atoms with van der Waals surface area (Å²) in [6.45, 7) is 5.71. The number of carbonyl (C=O) groups is 1. The summed E-state index contributed by atoms with van der Waals surface area (Å²) in [6.07, 6.45) is 0. The van der Waals surface area contributed by atoms with Crippen molar-refractivity contribution in [3.8, 4) is 10.8 Å².